The molecule has 74 valence electrons. The Balaban J connectivity index is 2.04. The van der Waals surface area contributed by atoms with Crippen molar-refractivity contribution in [3.8, 4) is 0 Å². The van der Waals surface area contributed by atoms with Crippen LogP contribution in [0.4, 0.5) is 0 Å². The van der Waals surface area contributed by atoms with Gasteiger partial charge in [0.25, 0.3) is 0 Å². The molecular formula is C11H20N2. The molecule has 1 fully saturated rings. The standard InChI is InChI=1S/C11H20N2/c1-4-5-6-7-10(2)12-11-8-13(3)9-11/h4-5,11-12H,2,6-9H2,1,3H3/b5-4-. The molecule has 2 nitrogen and oxygen atoms in total. The molecular weight excluding hydrogens is 160 g/mol. The SMILES string of the molecule is C=C(CC/C=C\C)NC1CN(C)C1. The first-order chi connectivity index (χ1) is 6.22. The zero-order valence-corrected chi connectivity index (χ0v) is 8.71. The van der Waals surface area contributed by atoms with Gasteiger partial charge in [0.05, 0.1) is 6.04 Å². The summed E-state index contributed by atoms with van der Waals surface area (Å²) in [7, 11) is 2.14. The first-order valence-corrected chi connectivity index (χ1v) is 4.96. The van der Waals surface area contributed by atoms with E-state index in [1.807, 2.05) is 0 Å². The highest BCUT2D eigenvalue weighted by molar-refractivity contribution is 4.99. The molecule has 0 aromatic carbocycles. The van der Waals surface area contributed by atoms with Gasteiger partial charge in [0, 0.05) is 18.8 Å². The average molecular weight is 180 g/mol. The largest absolute Gasteiger partial charge is 0.383 e. The highest BCUT2D eigenvalue weighted by Gasteiger charge is 2.22. The van der Waals surface area contributed by atoms with Crippen molar-refractivity contribution in [2.75, 3.05) is 20.1 Å². The van der Waals surface area contributed by atoms with E-state index in [0.29, 0.717) is 6.04 Å². The van der Waals surface area contributed by atoms with Gasteiger partial charge in [0.2, 0.25) is 0 Å². The van der Waals surface area contributed by atoms with Crippen LogP contribution >= 0.6 is 0 Å². The Morgan fingerprint density at radius 2 is 2.31 bits per heavy atom. The second-order valence-electron chi connectivity index (χ2n) is 3.77. The Labute approximate surface area is 81.3 Å². The molecule has 0 atom stereocenters. The van der Waals surface area contributed by atoms with Gasteiger partial charge in [-0.25, -0.2) is 0 Å². The zero-order valence-electron chi connectivity index (χ0n) is 8.71. The van der Waals surface area contributed by atoms with E-state index in [2.05, 4.69) is 42.9 Å². The van der Waals surface area contributed by atoms with Crippen LogP contribution in [0.2, 0.25) is 0 Å². The van der Waals surface area contributed by atoms with Gasteiger partial charge >= 0.3 is 0 Å². The van der Waals surface area contributed by atoms with Crippen molar-refractivity contribution in [3.63, 3.8) is 0 Å². The van der Waals surface area contributed by atoms with Gasteiger partial charge in [-0.15, -0.1) is 0 Å². The molecule has 1 N–H and O–H groups in total. The molecule has 0 aromatic heterocycles. The maximum atomic E-state index is 4.01. The monoisotopic (exact) mass is 180 g/mol. The summed E-state index contributed by atoms with van der Waals surface area (Å²) in [4.78, 5) is 2.30. The number of allylic oxidation sites excluding steroid dienone is 3. The molecule has 1 rings (SSSR count). The maximum Gasteiger partial charge on any atom is 0.0512 e. The van der Waals surface area contributed by atoms with Crippen molar-refractivity contribution < 1.29 is 0 Å². The zero-order chi connectivity index (χ0) is 9.68. The summed E-state index contributed by atoms with van der Waals surface area (Å²) in [6.45, 7) is 8.37. The number of rotatable bonds is 5. The molecule has 1 heterocycles. The minimum absolute atomic E-state index is 0.642. The lowest BCUT2D eigenvalue weighted by atomic mass is 10.1. The highest BCUT2D eigenvalue weighted by atomic mass is 15.2. The number of hydrogen-bond donors (Lipinski definition) is 1. The molecule has 0 spiro atoms. The predicted octanol–water partition coefficient (Wildman–Crippen LogP) is 1.76. The number of nitrogens with one attached hydrogen (secondary N) is 1. The van der Waals surface area contributed by atoms with Crippen molar-refractivity contribution in [2.24, 2.45) is 0 Å². The summed E-state index contributed by atoms with van der Waals surface area (Å²) in [5.74, 6) is 0. The Hall–Kier alpha value is -0.760. The summed E-state index contributed by atoms with van der Waals surface area (Å²) < 4.78 is 0. The fourth-order valence-corrected chi connectivity index (χ4v) is 1.58. The first kappa shape index (κ1) is 10.3. The minimum atomic E-state index is 0.642. The molecule has 1 aliphatic rings. The van der Waals surface area contributed by atoms with Gasteiger partial charge < -0.3 is 10.2 Å². The van der Waals surface area contributed by atoms with Gasteiger partial charge in [-0.3, -0.25) is 0 Å². The van der Waals surface area contributed by atoms with Crippen LogP contribution in [0.5, 0.6) is 0 Å². The van der Waals surface area contributed by atoms with E-state index >= 15 is 0 Å². The summed E-state index contributed by atoms with van der Waals surface area (Å²) >= 11 is 0. The van der Waals surface area contributed by atoms with Crippen molar-refractivity contribution in [1.29, 1.82) is 0 Å². The molecule has 2 heteroatoms. The van der Waals surface area contributed by atoms with E-state index in [1.54, 1.807) is 0 Å². The fourth-order valence-electron chi connectivity index (χ4n) is 1.58. The average Bonchev–Trinajstić information content (AvgIpc) is 2.02. The normalized spacial score (nSPS) is 18.9. The van der Waals surface area contributed by atoms with Crippen molar-refractivity contribution in [2.45, 2.75) is 25.8 Å². The van der Waals surface area contributed by atoms with Crippen LogP contribution in [0.3, 0.4) is 0 Å². The number of hydrogen-bond acceptors (Lipinski definition) is 2. The molecule has 0 radical (unpaired) electrons. The van der Waals surface area contributed by atoms with E-state index in [9.17, 15) is 0 Å². The first-order valence-electron chi connectivity index (χ1n) is 4.96. The Morgan fingerprint density at radius 1 is 1.62 bits per heavy atom. The third kappa shape index (κ3) is 3.64. The van der Waals surface area contributed by atoms with Crippen LogP contribution in [0.1, 0.15) is 19.8 Å². The van der Waals surface area contributed by atoms with Crippen molar-refractivity contribution >= 4 is 0 Å². The van der Waals surface area contributed by atoms with Crippen LogP contribution in [0.15, 0.2) is 24.4 Å². The van der Waals surface area contributed by atoms with Gasteiger partial charge in [0.1, 0.15) is 0 Å². The third-order valence-electron chi connectivity index (χ3n) is 2.32. The molecule has 0 unspecified atom stereocenters. The Kier molecular flexibility index (Phi) is 4.03. The molecule has 0 bridgehead atoms. The van der Waals surface area contributed by atoms with Crippen LogP contribution in [-0.4, -0.2) is 31.1 Å². The predicted molar refractivity (Wildman–Crippen MR) is 57.6 cm³/mol. The number of nitrogens with zero attached hydrogens (tertiary/aromatic N) is 1. The van der Waals surface area contributed by atoms with Gasteiger partial charge in [-0.2, -0.15) is 0 Å². The fraction of sp³-hybridized carbons (Fsp3) is 0.636. The van der Waals surface area contributed by atoms with E-state index in [-0.39, 0.29) is 0 Å². The molecule has 0 aromatic rings. The molecule has 0 amide bonds. The lowest BCUT2D eigenvalue weighted by Crippen LogP contribution is -2.55. The van der Waals surface area contributed by atoms with Crippen molar-refractivity contribution in [1.82, 2.24) is 10.2 Å². The molecule has 13 heavy (non-hydrogen) atoms. The highest BCUT2D eigenvalue weighted by Crippen LogP contribution is 2.08. The van der Waals surface area contributed by atoms with E-state index < -0.39 is 0 Å². The summed E-state index contributed by atoms with van der Waals surface area (Å²) in [6, 6.07) is 0.642. The second kappa shape index (κ2) is 5.07. The lowest BCUT2D eigenvalue weighted by Gasteiger charge is -2.37. The lowest BCUT2D eigenvalue weighted by molar-refractivity contribution is 0.170. The van der Waals surface area contributed by atoms with Gasteiger partial charge in [-0.05, 0) is 26.8 Å². The molecule has 0 aliphatic carbocycles. The summed E-state index contributed by atoms with van der Waals surface area (Å²) in [6.07, 6.45) is 6.43. The quantitative estimate of drug-likeness (QED) is 0.649. The van der Waals surface area contributed by atoms with Crippen LogP contribution in [0.25, 0.3) is 0 Å². The van der Waals surface area contributed by atoms with E-state index in [1.165, 1.54) is 5.70 Å². The van der Waals surface area contributed by atoms with E-state index in [4.69, 9.17) is 0 Å². The number of likely N-dealkylation sites (tertiary alicyclic amines) is 1. The summed E-state index contributed by atoms with van der Waals surface area (Å²) in [5.41, 5.74) is 1.18. The maximum absolute atomic E-state index is 4.01. The topological polar surface area (TPSA) is 15.3 Å². The van der Waals surface area contributed by atoms with Crippen LogP contribution < -0.4 is 5.32 Å². The molecule has 1 aliphatic heterocycles. The molecule has 1 saturated heterocycles. The van der Waals surface area contributed by atoms with Gasteiger partial charge in [-0.1, -0.05) is 18.7 Å². The third-order valence-corrected chi connectivity index (χ3v) is 2.32. The van der Waals surface area contributed by atoms with Crippen LogP contribution in [-0.2, 0) is 0 Å². The molecule has 0 saturated carbocycles. The minimum Gasteiger partial charge on any atom is -0.383 e. The summed E-state index contributed by atoms with van der Waals surface area (Å²) in [5, 5.41) is 3.44. The van der Waals surface area contributed by atoms with Crippen LogP contribution in [0, 0.1) is 0 Å². The Bertz CT molecular complexity index is 190. The second-order valence-corrected chi connectivity index (χ2v) is 3.77. The smallest absolute Gasteiger partial charge is 0.0512 e. The van der Waals surface area contributed by atoms with E-state index in [0.717, 1.165) is 25.9 Å². The van der Waals surface area contributed by atoms with Crippen molar-refractivity contribution in [3.05, 3.63) is 24.4 Å². The Morgan fingerprint density at radius 3 is 2.85 bits per heavy atom. The number of likely N-dealkylation sites (N-methyl/N-ethyl adjacent to an activating group) is 1. The van der Waals surface area contributed by atoms with Gasteiger partial charge in [0.15, 0.2) is 0 Å².